The minimum atomic E-state index is -0.884. The monoisotopic (exact) mass is 700 g/mol. The molecule has 2 aliphatic rings. The molecule has 3 aromatic carbocycles. The number of ether oxygens (including phenoxy) is 2. The number of thioether (sulfide) groups is 1. The van der Waals surface area contributed by atoms with Crippen LogP contribution >= 0.6 is 46.3 Å². The SMILES string of the molecule is CCOc1cc([C@H]2c3sc(=O)[nH]c3SC3C(=O)N(c4ccc([N+](=O)[O-])cc4)C(=O)C32)ccc1OCC(=O)Nc1ccc(Cl)c(Cl)c1. The third-order valence-corrected chi connectivity index (χ3v) is 10.5. The molecule has 6 rings (SSSR count). The predicted molar refractivity (Wildman–Crippen MR) is 174 cm³/mol. The van der Waals surface area contributed by atoms with Crippen LogP contribution in [-0.2, 0) is 14.4 Å². The molecule has 2 aliphatic heterocycles. The molecule has 3 amide bonds. The van der Waals surface area contributed by atoms with Crippen molar-refractivity contribution < 1.29 is 28.8 Å². The molecule has 12 nitrogen and oxygen atoms in total. The summed E-state index contributed by atoms with van der Waals surface area (Å²) in [6, 6.07) is 14.8. The number of fused-ring (bicyclic) bond motifs is 2. The highest BCUT2D eigenvalue weighted by molar-refractivity contribution is 8.00. The molecule has 2 unspecified atom stereocenters. The minimum Gasteiger partial charge on any atom is -0.490 e. The number of imide groups is 1. The van der Waals surface area contributed by atoms with Crippen molar-refractivity contribution >= 4 is 81.1 Å². The van der Waals surface area contributed by atoms with Gasteiger partial charge >= 0.3 is 4.87 Å². The summed E-state index contributed by atoms with van der Waals surface area (Å²) in [5.74, 6) is -2.47. The Balaban J connectivity index is 1.30. The number of nitro benzene ring substituents is 1. The largest absolute Gasteiger partial charge is 0.490 e. The van der Waals surface area contributed by atoms with Crippen LogP contribution in [0.4, 0.5) is 17.1 Å². The number of aromatic amines is 1. The van der Waals surface area contributed by atoms with Crippen molar-refractivity contribution in [3.8, 4) is 11.5 Å². The lowest BCUT2D eigenvalue weighted by atomic mass is 9.83. The van der Waals surface area contributed by atoms with E-state index in [2.05, 4.69) is 10.3 Å². The zero-order valence-electron chi connectivity index (χ0n) is 23.7. The Labute approximate surface area is 278 Å². The van der Waals surface area contributed by atoms with Crippen molar-refractivity contribution in [3.05, 3.63) is 101 Å². The number of hydrogen-bond acceptors (Lipinski definition) is 10. The maximum absolute atomic E-state index is 14.0. The van der Waals surface area contributed by atoms with E-state index in [1.807, 2.05) is 0 Å². The van der Waals surface area contributed by atoms with E-state index in [-0.39, 0.29) is 40.2 Å². The van der Waals surface area contributed by atoms with Crippen molar-refractivity contribution in [1.82, 2.24) is 4.98 Å². The van der Waals surface area contributed by atoms with Crippen LogP contribution in [-0.4, -0.2) is 46.1 Å². The standard InChI is InChI=1S/C30H22Cl2N4O8S2/c1-2-43-21-11-14(3-10-20(21)44-13-22(37)33-15-4-9-18(31)19(32)12-15)23-24-26(45-27-25(23)46-30(40)34-27)29(39)35(28(24)38)16-5-7-17(8-6-16)36(41)42/h3-12,23-24,26H,2,13H2,1H3,(H,33,37)(H,34,40)/t23-,24?,26?/m1/s1. The zero-order chi connectivity index (χ0) is 32.7. The molecular formula is C30H22Cl2N4O8S2. The van der Waals surface area contributed by atoms with Crippen LogP contribution in [0.1, 0.15) is 23.3 Å². The molecule has 1 aromatic heterocycles. The molecule has 236 valence electrons. The number of aromatic nitrogens is 1. The molecule has 0 saturated carbocycles. The highest BCUT2D eigenvalue weighted by atomic mass is 35.5. The van der Waals surface area contributed by atoms with Gasteiger partial charge in [0, 0.05) is 28.6 Å². The van der Waals surface area contributed by atoms with Crippen LogP contribution in [0.15, 0.2) is 70.5 Å². The van der Waals surface area contributed by atoms with Crippen molar-refractivity contribution in [3.63, 3.8) is 0 Å². The topological polar surface area (TPSA) is 161 Å². The quantitative estimate of drug-likeness (QED) is 0.124. The van der Waals surface area contributed by atoms with Crippen molar-refractivity contribution in [2.45, 2.75) is 23.1 Å². The molecule has 1 fully saturated rings. The molecule has 16 heteroatoms. The van der Waals surface area contributed by atoms with Gasteiger partial charge in [0.2, 0.25) is 11.8 Å². The Morgan fingerprint density at radius 3 is 2.46 bits per heavy atom. The summed E-state index contributed by atoms with van der Waals surface area (Å²) in [5, 5.41) is 14.1. The fraction of sp³-hybridized carbons (Fsp3) is 0.200. The number of nitrogens with zero attached hydrogens (tertiary/aromatic N) is 2. The van der Waals surface area contributed by atoms with Crippen LogP contribution in [0, 0.1) is 16.0 Å². The van der Waals surface area contributed by atoms with Crippen molar-refractivity contribution in [1.29, 1.82) is 0 Å². The highest BCUT2D eigenvalue weighted by Crippen LogP contribution is 2.54. The van der Waals surface area contributed by atoms with Crippen LogP contribution in [0.25, 0.3) is 0 Å². The van der Waals surface area contributed by atoms with Crippen molar-refractivity contribution in [2.24, 2.45) is 5.92 Å². The molecule has 0 radical (unpaired) electrons. The summed E-state index contributed by atoms with van der Waals surface area (Å²) < 4.78 is 11.6. The van der Waals surface area contributed by atoms with E-state index in [1.54, 1.807) is 37.3 Å². The Morgan fingerprint density at radius 2 is 1.76 bits per heavy atom. The van der Waals surface area contributed by atoms with Gasteiger partial charge in [-0.1, -0.05) is 52.4 Å². The lowest BCUT2D eigenvalue weighted by Crippen LogP contribution is -2.32. The van der Waals surface area contributed by atoms with Gasteiger partial charge in [0.15, 0.2) is 18.1 Å². The molecule has 0 bridgehead atoms. The zero-order valence-corrected chi connectivity index (χ0v) is 26.8. The second kappa shape index (κ2) is 12.8. The summed E-state index contributed by atoms with van der Waals surface area (Å²) in [7, 11) is 0. The molecule has 0 aliphatic carbocycles. The first-order valence-electron chi connectivity index (χ1n) is 13.7. The van der Waals surface area contributed by atoms with E-state index in [4.69, 9.17) is 32.7 Å². The van der Waals surface area contributed by atoms with Gasteiger partial charge in [-0.15, -0.1) is 0 Å². The van der Waals surface area contributed by atoms with E-state index in [0.29, 0.717) is 31.9 Å². The number of halogens is 2. The van der Waals surface area contributed by atoms with Gasteiger partial charge in [-0.05, 0) is 55.0 Å². The Morgan fingerprint density at radius 1 is 1.00 bits per heavy atom. The number of carbonyl (C=O) groups is 3. The summed E-state index contributed by atoms with van der Waals surface area (Å²) in [6.45, 7) is 1.68. The number of H-pyrrole nitrogens is 1. The number of rotatable bonds is 9. The minimum absolute atomic E-state index is 0.176. The van der Waals surface area contributed by atoms with E-state index < -0.39 is 39.7 Å². The fourth-order valence-corrected chi connectivity index (χ4v) is 8.19. The number of carbonyl (C=O) groups excluding carboxylic acids is 3. The maximum Gasteiger partial charge on any atom is 0.305 e. The Kier molecular flexibility index (Phi) is 8.79. The van der Waals surface area contributed by atoms with Crippen LogP contribution in [0.3, 0.4) is 0 Å². The number of amides is 3. The van der Waals surface area contributed by atoms with Gasteiger partial charge < -0.3 is 19.8 Å². The lowest BCUT2D eigenvalue weighted by molar-refractivity contribution is -0.384. The third-order valence-electron chi connectivity index (χ3n) is 7.33. The first-order valence-corrected chi connectivity index (χ1v) is 16.2. The van der Waals surface area contributed by atoms with Crippen molar-refractivity contribution in [2.75, 3.05) is 23.4 Å². The normalized spacial score (nSPS) is 18.6. The molecule has 0 spiro atoms. The van der Waals surface area contributed by atoms with Gasteiger partial charge in [-0.3, -0.25) is 29.3 Å². The first-order chi connectivity index (χ1) is 22.0. The summed E-state index contributed by atoms with van der Waals surface area (Å²) in [6.07, 6.45) is 0. The average molecular weight is 702 g/mol. The van der Waals surface area contributed by atoms with Gasteiger partial charge in [-0.25, -0.2) is 4.90 Å². The Hall–Kier alpha value is -4.37. The number of anilines is 2. The predicted octanol–water partition coefficient (Wildman–Crippen LogP) is 5.86. The Bertz CT molecular complexity index is 1950. The van der Waals surface area contributed by atoms with Gasteiger partial charge in [0.1, 0.15) is 5.25 Å². The third kappa shape index (κ3) is 5.96. The highest BCUT2D eigenvalue weighted by Gasteiger charge is 2.56. The average Bonchev–Trinajstić information content (AvgIpc) is 3.52. The van der Waals surface area contributed by atoms with Gasteiger partial charge in [0.05, 0.1) is 38.2 Å². The second-order valence-electron chi connectivity index (χ2n) is 10.1. The number of non-ortho nitro benzene ring substituents is 1. The fourth-order valence-electron chi connectivity index (χ4n) is 5.37. The molecule has 1 saturated heterocycles. The molecule has 3 atom stereocenters. The number of nitro groups is 1. The smallest absolute Gasteiger partial charge is 0.305 e. The van der Waals surface area contributed by atoms with E-state index >= 15 is 0 Å². The molecular weight excluding hydrogens is 679 g/mol. The van der Waals surface area contributed by atoms with Gasteiger partial charge in [0.25, 0.3) is 11.6 Å². The van der Waals surface area contributed by atoms with E-state index in [1.165, 1.54) is 30.3 Å². The number of nitrogens with one attached hydrogen (secondary N) is 2. The van der Waals surface area contributed by atoms with Crippen LogP contribution in [0.2, 0.25) is 10.0 Å². The van der Waals surface area contributed by atoms with Crippen LogP contribution in [0.5, 0.6) is 11.5 Å². The number of benzene rings is 3. The maximum atomic E-state index is 14.0. The molecule has 3 heterocycles. The lowest BCUT2D eigenvalue weighted by Gasteiger charge is -2.30. The number of thiazole rings is 1. The summed E-state index contributed by atoms with van der Waals surface area (Å²) >= 11 is 14.0. The summed E-state index contributed by atoms with van der Waals surface area (Å²) in [5.41, 5.74) is 1.07. The van der Waals surface area contributed by atoms with Crippen LogP contribution < -0.4 is 24.6 Å². The van der Waals surface area contributed by atoms with E-state index in [0.717, 1.165) is 28.0 Å². The first kappa shape index (κ1) is 31.6. The molecule has 4 aromatic rings. The second-order valence-corrected chi connectivity index (χ2v) is 13.1. The van der Waals surface area contributed by atoms with Gasteiger partial charge in [-0.2, -0.15) is 0 Å². The summed E-state index contributed by atoms with van der Waals surface area (Å²) in [4.78, 5) is 67.4. The molecule has 2 N–H and O–H groups in total. The molecule has 46 heavy (non-hydrogen) atoms. The van der Waals surface area contributed by atoms with E-state index in [9.17, 15) is 29.3 Å². The number of hydrogen-bond donors (Lipinski definition) is 2.